The molecule has 5 heteroatoms. The second-order valence-corrected chi connectivity index (χ2v) is 6.92. The van der Waals surface area contributed by atoms with Gasteiger partial charge in [0.15, 0.2) is 0 Å². The van der Waals surface area contributed by atoms with Gasteiger partial charge in [-0.05, 0) is 49.8 Å². The molecule has 0 saturated heterocycles. The summed E-state index contributed by atoms with van der Waals surface area (Å²) in [6.45, 7) is 4.83. The molecule has 2 unspecified atom stereocenters. The first kappa shape index (κ1) is 14.5. The van der Waals surface area contributed by atoms with Crippen LogP contribution < -0.4 is 0 Å². The lowest BCUT2D eigenvalue weighted by Gasteiger charge is -2.20. The third kappa shape index (κ3) is 2.92. The van der Waals surface area contributed by atoms with Gasteiger partial charge in [0.2, 0.25) is 0 Å². The molecule has 0 bridgehead atoms. The average molecular weight is 313 g/mol. The molecule has 2 aromatic rings. The van der Waals surface area contributed by atoms with Crippen LogP contribution in [-0.2, 0) is 13.0 Å². The van der Waals surface area contributed by atoms with E-state index in [1.807, 2.05) is 24.0 Å². The number of carbonyl (C=O) groups excluding carboxylic acids is 1. The monoisotopic (exact) mass is 313 g/mol. The van der Waals surface area contributed by atoms with Crippen molar-refractivity contribution in [3.63, 3.8) is 0 Å². The summed E-state index contributed by atoms with van der Waals surface area (Å²) >= 11 is 0. The Hall–Kier alpha value is -2.04. The third-order valence-corrected chi connectivity index (χ3v) is 4.96. The van der Waals surface area contributed by atoms with Gasteiger partial charge in [-0.15, -0.1) is 0 Å². The van der Waals surface area contributed by atoms with Crippen LogP contribution >= 0.6 is 0 Å². The van der Waals surface area contributed by atoms with Crippen molar-refractivity contribution >= 4 is 5.91 Å². The SMILES string of the molecule is CCc1cc(C(=O)N(Cc2ccc(C3CC3C)o2)C2CC2)n[nH]1. The molecule has 2 atom stereocenters. The van der Waals surface area contributed by atoms with Crippen LogP contribution in [-0.4, -0.2) is 27.0 Å². The summed E-state index contributed by atoms with van der Waals surface area (Å²) in [5.74, 6) is 3.26. The van der Waals surface area contributed by atoms with Crippen molar-refractivity contribution < 1.29 is 9.21 Å². The van der Waals surface area contributed by atoms with Crippen molar-refractivity contribution in [2.75, 3.05) is 0 Å². The van der Waals surface area contributed by atoms with Crippen molar-refractivity contribution in [2.24, 2.45) is 5.92 Å². The highest BCUT2D eigenvalue weighted by molar-refractivity contribution is 5.92. The van der Waals surface area contributed by atoms with Crippen LogP contribution in [0.4, 0.5) is 0 Å². The Morgan fingerprint density at radius 3 is 2.83 bits per heavy atom. The van der Waals surface area contributed by atoms with Crippen molar-refractivity contribution in [3.05, 3.63) is 41.1 Å². The van der Waals surface area contributed by atoms with E-state index in [-0.39, 0.29) is 5.91 Å². The standard InChI is InChI=1S/C18H23N3O2/c1-3-12-9-16(20-19-12)18(22)21(13-4-5-13)10-14-6-7-17(23-14)15-8-11(15)2/h6-7,9,11,13,15H,3-5,8,10H2,1-2H3,(H,19,20). The molecular formula is C18H23N3O2. The Bertz CT molecular complexity index is 713. The van der Waals surface area contributed by atoms with Gasteiger partial charge in [0, 0.05) is 17.7 Å². The number of furan rings is 1. The van der Waals surface area contributed by atoms with Crippen molar-refractivity contribution in [1.82, 2.24) is 15.1 Å². The first-order valence-electron chi connectivity index (χ1n) is 8.59. The molecule has 4 rings (SSSR count). The first-order chi connectivity index (χ1) is 11.2. The number of hydrogen-bond acceptors (Lipinski definition) is 3. The number of nitrogens with one attached hydrogen (secondary N) is 1. The molecule has 0 aliphatic heterocycles. The Morgan fingerprint density at radius 1 is 1.43 bits per heavy atom. The smallest absolute Gasteiger partial charge is 0.275 e. The van der Waals surface area contributed by atoms with Crippen LogP contribution in [0.1, 0.15) is 66.7 Å². The topological polar surface area (TPSA) is 62.1 Å². The van der Waals surface area contributed by atoms with Gasteiger partial charge in [-0.2, -0.15) is 5.10 Å². The Kier molecular flexibility index (Phi) is 3.51. The highest BCUT2D eigenvalue weighted by Gasteiger charge is 2.38. The lowest BCUT2D eigenvalue weighted by atomic mass is 10.2. The number of aryl methyl sites for hydroxylation is 1. The van der Waals surface area contributed by atoms with Crippen molar-refractivity contribution in [2.45, 2.75) is 58.0 Å². The highest BCUT2D eigenvalue weighted by atomic mass is 16.3. The van der Waals surface area contributed by atoms with Gasteiger partial charge in [-0.3, -0.25) is 9.89 Å². The molecule has 2 aliphatic rings. The molecule has 1 N–H and O–H groups in total. The number of aromatic amines is 1. The van der Waals surface area contributed by atoms with E-state index in [0.29, 0.717) is 24.2 Å². The molecular weight excluding hydrogens is 290 g/mol. The van der Waals surface area contributed by atoms with Gasteiger partial charge in [0.05, 0.1) is 6.54 Å². The molecule has 2 aliphatic carbocycles. The largest absolute Gasteiger partial charge is 0.464 e. The quantitative estimate of drug-likeness (QED) is 0.888. The molecule has 122 valence electrons. The van der Waals surface area contributed by atoms with E-state index < -0.39 is 0 Å². The zero-order valence-corrected chi connectivity index (χ0v) is 13.7. The lowest BCUT2D eigenvalue weighted by Crippen LogP contribution is -2.32. The van der Waals surface area contributed by atoms with Crippen LogP contribution in [0.5, 0.6) is 0 Å². The first-order valence-corrected chi connectivity index (χ1v) is 8.59. The maximum Gasteiger partial charge on any atom is 0.275 e. The number of carbonyl (C=O) groups is 1. The van der Waals surface area contributed by atoms with E-state index in [9.17, 15) is 4.79 Å². The van der Waals surface area contributed by atoms with Crippen LogP contribution in [0.2, 0.25) is 0 Å². The van der Waals surface area contributed by atoms with Crippen LogP contribution in [0.15, 0.2) is 22.6 Å². The predicted molar refractivity (Wildman–Crippen MR) is 86.1 cm³/mol. The molecule has 5 nitrogen and oxygen atoms in total. The van der Waals surface area contributed by atoms with Crippen LogP contribution in [0.3, 0.4) is 0 Å². The molecule has 2 aromatic heterocycles. The molecule has 2 heterocycles. The number of aromatic nitrogens is 2. The fourth-order valence-electron chi connectivity index (χ4n) is 3.12. The summed E-state index contributed by atoms with van der Waals surface area (Å²) in [5.41, 5.74) is 1.50. The summed E-state index contributed by atoms with van der Waals surface area (Å²) in [4.78, 5) is 14.7. The fraction of sp³-hybridized carbons (Fsp3) is 0.556. The lowest BCUT2D eigenvalue weighted by molar-refractivity contribution is 0.0710. The summed E-state index contributed by atoms with van der Waals surface area (Å²) in [7, 11) is 0. The van der Waals surface area contributed by atoms with Crippen LogP contribution in [0.25, 0.3) is 0 Å². The van der Waals surface area contributed by atoms with E-state index in [1.54, 1.807) is 0 Å². The minimum Gasteiger partial charge on any atom is -0.464 e. The van der Waals surface area contributed by atoms with E-state index >= 15 is 0 Å². The van der Waals surface area contributed by atoms with E-state index in [4.69, 9.17) is 4.42 Å². The summed E-state index contributed by atoms with van der Waals surface area (Å²) in [6, 6.07) is 6.28. The number of amides is 1. The number of nitrogens with zero attached hydrogens (tertiary/aromatic N) is 2. The summed E-state index contributed by atoms with van der Waals surface area (Å²) in [5, 5.41) is 7.09. The van der Waals surface area contributed by atoms with Gasteiger partial charge >= 0.3 is 0 Å². The number of rotatable bonds is 6. The maximum absolute atomic E-state index is 12.8. The summed E-state index contributed by atoms with van der Waals surface area (Å²) in [6.07, 6.45) is 4.21. The zero-order valence-electron chi connectivity index (χ0n) is 13.7. The Morgan fingerprint density at radius 2 is 2.22 bits per heavy atom. The molecule has 2 saturated carbocycles. The maximum atomic E-state index is 12.8. The van der Waals surface area contributed by atoms with Gasteiger partial charge < -0.3 is 9.32 Å². The third-order valence-electron chi connectivity index (χ3n) is 4.96. The molecule has 23 heavy (non-hydrogen) atoms. The molecule has 2 fully saturated rings. The van der Waals surface area contributed by atoms with Crippen molar-refractivity contribution in [1.29, 1.82) is 0 Å². The van der Waals surface area contributed by atoms with Gasteiger partial charge in [-0.25, -0.2) is 0 Å². The Labute approximate surface area is 136 Å². The van der Waals surface area contributed by atoms with Crippen molar-refractivity contribution in [3.8, 4) is 0 Å². The Balaban J connectivity index is 1.49. The van der Waals surface area contributed by atoms with E-state index in [2.05, 4.69) is 23.2 Å². The minimum absolute atomic E-state index is 0.00110. The number of H-pyrrole nitrogens is 1. The average Bonchev–Trinajstić information content (AvgIpc) is 3.42. The summed E-state index contributed by atoms with van der Waals surface area (Å²) < 4.78 is 5.98. The van der Waals surface area contributed by atoms with Gasteiger partial charge in [0.25, 0.3) is 5.91 Å². The zero-order chi connectivity index (χ0) is 16.0. The molecule has 0 aromatic carbocycles. The van der Waals surface area contributed by atoms with Gasteiger partial charge in [-0.1, -0.05) is 13.8 Å². The second kappa shape index (κ2) is 5.55. The molecule has 1 amide bonds. The predicted octanol–water partition coefficient (Wildman–Crippen LogP) is 3.49. The van der Waals surface area contributed by atoms with E-state index in [0.717, 1.165) is 42.4 Å². The van der Waals surface area contributed by atoms with Gasteiger partial charge in [0.1, 0.15) is 17.2 Å². The highest BCUT2D eigenvalue weighted by Crippen LogP contribution is 2.47. The van der Waals surface area contributed by atoms with Crippen LogP contribution in [0, 0.1) is 5.92 Å². The fourth-order valence-corrected chi connectivity index (χ4v) is 3.12. The molecule has 0 radical (unpaired) electrons. The molecule has 0 spiro atoms. The second-order valence-electron chi connectivity index (χ2n) is 6.92. The minimum atomic E-state index is 0.00110. The normalized spacial score (nSPS) is 23.0. The van der Waals surface area contributed by atoms with E-state index in [1.165, 1.54) is 6.42 Å². The number of hydrogen-bond donors (Lipinski definition) is 1.